The Morgan fingerprint density at radius 2 is 1.80 bits per heavy atom. The summed E-state index contributed by atoms with van der Waals surface area (Å²) in [5.41, 5.74) is 9.49. The largest absolute Gasteiger partial charge is 0.484 e. The second kappa shape index (κ2) is 7.36. The molecule has 5 nitrogen and oxygen atoms in total. The molecule has 128 valence electrons. The summed E-state index contributed by atoms with van der Waals surface area (Å²) in [6.07, 6.45) is 0. The van der Waals surface area contributed by atoms with Crippen molar-refractivity contribution in [2.45, 2.75) is 13.8 Å². The molecule has 0 spiro atoms. The second-order valence-electron chi connectivity index (χ2n) is 5.68. The lowest BCUT2D eigenvalue weighted by Gasteiger charge is -2.08. The van der Waals surface area contributed by atoms with Gasteiger partial charge in [0.1, 0.15) is 5.75 Å². The maximum Gasteiger partial charge on any atom is 0.262 e. The van der Waals surface area contributed by atoms with Gasteiger partial charge in [-0.3, -0.25) is 4.79 Å². The molecule has 3 N–H and O–H groups in total. The Balaban J connectivity index is 1.57. The van der Waals surface area contributed by atoms with Crippen molar-refractivity contribution >= 4 is 28.1 Å². The Morgan fingerprint density at radius 1 is 1.12 bits per heavy atom. The molecule has 0 bridgehead atoms. The van der Waals surface area contributed by atoms with Gasteiger partial charge < -0.3 is 15.8 Å². The minimum absolute atomic E-state index is 0.0457. The molecule has 6 heteroatoms. The van der Waals surface area contributed by atoms with Crippen LogP contribution in [-0.2, 0) is 4.79 Å². The molecule has 0 saturated carbocycles. The molecule has 0 atom stereocenters. The van der Waals surface area contributed by atoms with Crippen molar-refractivity contribution in [2.75, 3.05) is 17.7 Å². The fourth-order valence-electron chi connectivity index (χ4n) is 2.38. The number of amides is 1. The summed E-state index contributed by atoms with van der Waals surface area (Å²) in [5.74, 6) is 0.430. The highest BCUT2D eigenvalue weighted by Gasteiger charge is 2.09. The van der Waals surface area contributed by atoms with E-state index in [2.05, 4.69) is 10.3 Å². The average Bonchev–Trinajstić information content (AvgIpc) is 2.94. The Morgan fingerprint density at radius 3 is 2.40 bits per heavy atom. The summed E-state index contributed by atoms with van der Waals surface area (Å²) in [7, 11) is 0. The van der Waals surface area contributed by atoms with E-state index in [1.165, 1.54) is 11.3 Å². The van der Waals surface area contributed by atoms with E-state index in [4.69, 9.17) is 10.5 Å². The van der Waals surface area contributed by atoms with Crippen LogP contribution in [0.3, 0.4) is 0 Å². The van der Waals surface area contributed by atoms with Gasteiger partial charge in [0.2, 0.25) is 0 Å². The summed E-state index contributed by atoms with van der Waals surface area (Å²) in [6, 6.07) is 15.1. The second-order valence-corrected chi connectivity index (χ2v) is 6.92. The Bertz CT molecular complexity index is 871. The molecule has 1 amide bonds. The number of carbonyl (C=O) groups is 1. The van der Waals surface area contributed by atoms with Gasteiger partial charge in [-0.1, -0.05) is 17.7 Å². The molecule has 0 saturated heterocycles. The first-order valence-corrected chi connectivity index (χ1v) is 8.65. The van der Waals surface area contributed by atoms with Crippen LogP contribution in [0.2, 0.25) is 0 Å². The van der Waals surface area contributed by atoms with Gasteiger partial charge in [-0.25, -0.2) is 4.98 Å². The molecule has 25 heavy (non-hydrogen) atoms. The number of hydrogen-bond acceptors (Lipinski definition) is 5. The van der Waals surface area contributed by atoms with Gasteiger partial charge in [-0.05, 0) is 50.2 Å². The van der Waals surface area contributed by atoms with Crippen molar-refractivity contribution in [1.29, 1.82) is 0 Å². The smallest absolute Gasteiger partial charge is 0.262 e. The maximum atomic E-state index is 11.9. The summed E-state index contributed by atoms with van der Waals surface area (Å²) >= 11 is 1.47. The number of nitrogens with one attached hydrogen (secondary N) is 1. The molecular weight excluding hydrogens is 334 g/mol. The van der Waals surface area contributed by atoms with Crippen molar-refractivity contribution in [3.05, 3.63) is 59.0 Å². The van der Waals surface area contributed by atoms with Crippen LogP contribution >= 0.6 is 11.3 Å². The molecule has 3 rings (SSSR count). The van der Waals surface area contributed by atoms with Crippen LogP contribution in [-0.4, -0.2) is 17.5 Å². The van der Waals surface area contributed by atoms with Gasteiger partial charge in [-0.15, -0.1) is 11.3 Å². The first-order valence-electron chi connectivity index (χ1n) is 7.84. The van der Waals surface area contributed by atoms with Crippen LogP contribution in [0.15, 0.2) is 48.5 Å². The summed E-state index contributed by atoms with van der Waals surface area (Å²) in [4.78, 5) is 17.3. The number of hydrogen-bond donors (Lipinski definition) is 2. The van der Waals surface area contributed by atoms with Gasteiger partial charge >= 0.3 is 0 Å². The quantitative estimate of drug-likeness (QED) is 0.726. The first kappa shape index (κ1) is 17.0. The van der Waals surface area contributed by atoms with Crippen molar-refractivity contribution in [3.8, 4) is 17.0 Å². The lowest BCUT2D eigenvalue weighted by Crippen LogP contribution is -2.20. The van der Waals surface area contributed by atoms with E-state index in [1.54, 1.807) is 0 Å². The molecule has 0 fully saturated rings. The van der Waals surface area contributed by atoms with Crippen molar-refractivity contribution in [2.24, 2.45) is 0 Å². The zero-order chi connectivity index (χ0) is 17.8. The van der Waals surface area contributed by atoms with Crippen LogP contribution in [0.4, 0.5) is 10.8 Å². The molecule has 0 aliphatic heterocycles. The highest BCUT2D eigenvalue weighted by atomic mass is 32.1. The van der Waals surface area contributed by atoms with E-state index in [0.717, 1.165) is 27.4 Å². The number of anilines is 2. The molecule has 0 aliphatic rings. The Hall–Kier alpha value is -2.86. The molecule has 1 heterocycles. The molecular formula is C19H19N3O2S. The third-order valence-electron chi connectivity index (χ3n) is 3.65. The van der Waals surface area contributed by atoms with Gasteiger partial charge in [0.15, 0.2) is 11.7 Å². The normalized spacial score (nSPS) is 10.5. The first-order chi connectivity index (χ1) is 12.0. The molecule has 3 aromatic rings. The predicted octanol–water partition coefficient (Wildman–Crippen LogP) is 4.03. The SMILES string of the molecule is Cc1ccc(NC(=O)COc2ccc(-c3nc(N)sc3C)cc2)cc1. The number of nitrogens with two attached hydrogens (primary N) is 1. The van der Waals surface area contributed by atoms with E-state index in [9.17, 15) is 4.79 Å². The van der Waals surface area contributed by atoms with Crippen LogP contribution in [0, 0.1) is 13.8 Å². The monoisotopic (exact) mass is 353 g/mol. The number of thiazole rings is 1. The number of aromatic nitrogens is 1. The summed E-state index contributed by atoms with van der Waals surface area (Å²) in [6.45, 7) is 3.94. The third-order valence-corrected chi connectivity index (χ3v) is 4.45. The highest BCUT2D eigenvalue weighted by Crippen LogP contribution is 2.29. The molecule has 0 unspecified atom stereocenters. The van der Waals surface area contributed by atoms with E-state index < -0.39 is 0 Å². The minimum atomic E-state index is -0.198. The maximum absolute atomic E-state index is 11.9. The van der Waals surface area contributed by atoms with E-state index in [1.807, 2.05) is 62.4 Å². The fraction of sp³-hybridized carbons (Fsp3) is 0.158. The number of ether oxygens (including phenoxy) is 1. The van der Waals surface area contributed by atoms with E-state index in [-0.39, 0.29) is 12.5 Å². The number of carbonyl (C=O) groups excluding carboxylic acids is 1. The number of benzene rings is 2. The fourth-order valence-corrected chi connectivity index (χ4v) is 3.09. The Kier molecular flexibility index (Phi) is 5.00. The number of nitrogen functional groups attached to an aromatic ring is 1. The van der Waals surface area contributed by atoms with Crippen LogP contribution in [0.1, 0.15) is 10.4 Å². The van der Waals surface area contributed by atoms with Gasteiger partial charge in [0.25, 0.3) is 5.91 Å². The van der Waals surface area contributed by atoms with E-state index >= 15 is 0 Å². The standard InChI is InChI=1S/C19H19N3O2S/c1-12-3-7-15(8-4-12)21-17(23)11-24-16-9-5-14(6-10-16)18-13(2)25-19(20)22-18/h3-10H,11H2,1-2H3,(H2,20,22)(H,21,23). The topological polar surface area (TPSA) is 77.2 Å². The highest BCUT2D eigenvalue weighted by molar-refractivity contribution is 7.15. The summed E-state index contributed by atoms with van der Waals surface area (Å²) in [5, 5.41) is 3.36. The molecule has 0 aliphatic carbocycles. The average molecular weight is 353 g/mol. The summed E-state index contributed by atoms with van der Waals surface area (Å²) < 4.78 is 5.54. The van der Waals surface area contributed by atoms with Gasteiger partial charge in [-0.2, -0.15) is 0 Å². The minimum Gasteiger partial charge on any atom is -0.484 e. The zero-order valence-corrected chi connectivity index (χ0v) is 14.9. The lowest BCUT2D eigenvalue weighted by atomic mass is 10.1. The van der Waals surface area contributed by atoms with Crippen LogP contribution < -0.4 is 15.8 Å². The van der Waals surface area contributed by atoms with Crippen molar-refractivity contribution in [3.63, 3.8) is 0 Å². The molecule has 1 aromatic heterocycles. The molecule has 0 radical (unpaired) electrons. The number of aryl methyl sites for hydroxylation is 2. The lowest BCUT2D eigenvalue weighted by molar-refractivity contribution is -0.118. The predicted molar refractivity (Wildman–Crippen MR) is 102 cm³/mol. The van der Waals surface area contributed by atoms with Crippen molar-refractivity contribution < 1.29 is 9.53 Å². The third kappa shape index (κ3) is 4.36. The number of nitrogens with zero attached hydrogens (tertiary/aromatic N) is 1. The van der Waals surface area contributed by atoms with Gasteiger partial charge in [0, 0.05) is 16.1 Å². The molecule has 2 aromatic carbocycles. The van der Waals surface area contributed by atoms with Crippen molar-refractivity contribution in [1.82, 2.24) is 4.98 Å². The Labute approximate surface area is 150 Å². The zero-order valence-electron chi connectivity index (χ0n) is 14.1. The number of rotatable bonds is 5. The van der Waals surface area contributed by atoms with Crippen LogP contribution in [0.5, 0.6) is 5.75 Å². The van der Waals surface area contributed by atoms with E-state index in [0.29, 0.717) is 10.9 Å². The van der Waals surface area contributed by atoms with Gasteiger partial charge in [0.05, 0.1) is 5.69 Å². The van der Waals surface area contributed by atoms with Crippen LogP contribution in [0.25, 0.3) is 11.3 Å².